The maximum atomic E-state index is 11.6. The lowest BCUT2D eigenvalue weighted by molar-refractivity contribution is -0.135. The summed E-state index contributed by atoms with van der Waals surface area (Å²) < 4.78 is 0. The van der Waals surface area contributed by atoms with Crippen molar-refractivity contribution in [1.29, 1.82) is 0 Å². The predicted molar refractivity (Wildman–Crippen MR) is 56.8 cm³/mol. The molecule has 0 aromatic heterocycles. The van der Waals surface area contributed by atoms with Crippen LogP contribution in [0.2, 0.25) is 0 Å². The number of aliphatic hydroxyl groups excluding tert-OH is 1. The Labute approximate surface area is 94.0 Å². The van der Waals surface area contributed by atoms with Gasteiger partial charge in [-0.2, -0.15) is 0 Å². The Morgan fingerprint density at radius 1 is 1.50 bits per heavy atom. The van der Waals surface area contributed by atoms with Crippen LogP contribution in [-0.4, -0.2) is 28.1 Å². The molecular weight excluding hydrogens is 208 g/mol. The van der Waals surface area contributed by atoms with Gasteiger partial charge in [0.15, 0.2) is 5.78 Å². The zero-order valence-electron chi connectivity index (χ0n) is 9.27. The number of hydrogen-bond donors (Lipinski definition) is 2. The quantitative estimate of drug-likeness (QED) is 0.690. The second-order valence-electron chi connectivity index (χ2n) is 4.64. The van der Waals surface area contributed by atoms with E-state index in [4.69, 9.17) is 5.11 Å². The molecule has 16 heavy (non-hydrogen) atoms. The fourth-order valence-corrected chi connectivity index (χ4v) is 2.95. The first-order valence-corrected chi connectivity index (χ1v) is 5.73. The lowest BCUT2D eigenvalue weighted by Crippen LogP contribution is -2.27. The highest BCUT2D eigenvalue weighted by molar-refractivity contribution is 6.17. The Kier molecular flexibility index (Phi) is 2.84. The minimum atomic E-state index is -1.13. The molecular formula is C12H16O4. The first-order valence-electron chi connectivity index (χ1n) is 5.73. The van der Waals surface area contributed by atoms with Crippen LogP contribution in [0.3, 0.4) is 0 Å². The Hall–Kier alpha value is -1.16. The molecule has 2 N–H and O–H groups in total. The Morgan fingerprint density at radius 2 is 2.19 bits per heavy atom. The molecule has 0 spiro atoms. The van der Waals surface area contributed by atoms with Gasteiger partial charge in [-0.3, -0.25) is 4.79 Å². The number of carbonyl (C=O) groups excluding carboxylic acids is 1. The second-order valence-corrected chi connectivity index (χ2v) is 4.64. The number of Topliss-reactive ketones (excluding diaryl/α,β-unsaturated/α-hetero) is 1. The summed E-state index contributed by atoms with van der Waals surface area (Å²) in [5, 5.41) is 19.1. The number of carboxylic acids is 1. The third-order valence-corrected chi connectivity index (χ3v) is 3.85. The van der Waals surface area contributed by atoms with Crippen LogP contribution in [0, 0.1) is 11.8 Å². The molecule has 0 saturated heterocycles. The molecule has 3 atom stereocenters. The van der Waals surface area contributed by atoms with Crippen LogP contribution in [0.1, 0.15) is 32.6 Å². The van der Waals surface area contributed by atoms with Crippen LogP contribution in [-0.2, 0) is 9.59 Å². The van der Waals surface area contributed by atoms with Crippen molar-refractivity contribution in [3.63, 3.8) is 0 Å². The van der Waals surface area contributed by atoms with Gasteiger partial charge in [-0.25, -0.2) is 4.79 Å². The van der Waals surface area contributed by atoms with Crippen LogP contribution in [0.15, 0.2) is 11.1 Å². The number of aliphatic hydroxyl groups is 1. The van der Waals surface area contributed by atoms with Crippen LogP contribution < -0.4 is 0 Å². The van der Waals surface area contributed by atoms with Crippen molar-refractivity contribution in [3.05, 3.63) is 11.1 Å². The van der Waals surface area contributed by atoms with Crippen molar-refractivity contribution in [1.82, 2.24) is 0 Å². The largest absolute Gasteiger partial charge is 0.478 e. The molecule has 0 aromatic carbocycles. The third-order valence-electron chi connectivity index (χ3n) is 3.85. The summed E-state index contributed by atoms with van der Waals surface area (Å²) in [6.07, 6.45) is 1.77. The normalized spacial score (nSPS) is 34.1. The summed E-state index contributed by atoms with van der Waals surface area (Å²) in [7, 11) is 0. The lowest BCUT2D eigenvalue weighted by Gasteiger charge is -2.23. The van der Waals surface area contributed by atoms with Gasteiger partial charge in [-0.15, -0.1) is 0 Å². The molecule has 0 heterocycles. The van der Waals surface area contributed by atoms with Gasteiger partial charge in [0.05, 0.1) is 6.10 Å². The molecule has 0 bridgehead atoms. The monoisotopic (exact) mass is 224 g/mol. The van der Waals surface area contributed by atoms with E-state index in [1.54, 1.807) is 0 Å². The molecule has 1 fully saturated rings. The SMILES string of the molecule is CCC1CC2=C(C(=O)O)C(=O)CCC2[C@@H]1O. The fraction of sp³-hybridized carbons (Fsp3) is 0.667. The van der Waals surface area contributed by atoms with Crippen LogP contribution in [0.4, 0.5) is 0 Å². The highest BCUT2D eigenvalue weighted by Gasteiger charge is 2.43. The van der Waals surface area contributed by atoms with E-state index in [1.165, 1.54) is 0 Å². The molecule has 0 aliphatic heterocycles. The smallest absolute Gasteiger partial charge is 0.339 e. The molecule has 0 amide bonds. The molecule has 0 radical (unpaired) electrons. The van der Waals surface area contributed by atoms with E-state index in [9.17, 15) is 14.7 Å². The third kappa shape index (κ3) is 1.57. The molecule has 2 rings (SSSR count). The number of aliphatic carboxylic acids is 1. The summed E-state index contributed by atoms with van der Waals surface area (Å²) in [4.78, 5) is 22.6. The summed E-state index contributed by atoms with van der Waals surface area (Å²) in [5.41, 5.74) is 0.634. The highest BCUT2D eigenvalue weighted by atomic mass is 16.4. The molecule has 4 heteroatoms. The van der Waals surface area contributed by atoms with Gasteiger partial charge in [0.1, 0.15) is 5.57 Å². The summed E-state index contributed by atoms with van der Waals surface area (Å²) in [6, 6.07) is 0. The Morgan fingerprint density at radius 3 is 2.75 bits per heavy atom. The van der Waals surface area contributed by atoms with E-state index in [1.807, 2.05) is 6.92 Å². The van der Waals surface area contributed by atoms with Crippen molar-refractivity contribution < 1.29 is 19.8 Å². The van der Waals surface area contributed by atoms with E-state index >= 15 is 0 Å². The van der Waals surface area contributed by atoms with Crippen molar-refractivity contribution in [3.8, 4) is 0 Å². The maximum Gasteiger partial charge on any atom is 0.339 e. The second kappa shape index (κ2) is 4.01. The van der Waals surface area contributed by atoms with Gasteiger partial charge in [0.25, 0.3) is 0 Å². The topological polar surface area (TPSA) is 74.6 Å². The van der Waals surface area contributed by atoms with Crippen LogP contribution in [0.5, 0.6) is 0 Å². The molecule has 4 nitrogen and oxygen atoms in total. The molecule has 2 aliphatic carbocycles. The minimum Gasteiger partial charge on any atom is -0.478 e. The molecule has 1 saturated carbocycles. The molecule has 2 aliphatic rings. The lowest BCUT2D eigenvalue weighted by atomic mass is 9.83. The van der Waals surface area contributed by atoms with E-state index in [2.05, 4.69) is 0 Å². The predicted octanol–water partition coefficient (Wildman–Crippen LogP) is 1.14. The highest BCUT2D eigenvalue weighted by Crippen LogP contribution is 2.44. The Bertz CT molecular complexity index is 369. The van der Waals surface area contributed by atoms with Crippen molar-refractivity contribution >= 4 is 11.8 Å². The molecule has 88 valence electrons. The van der Waals surface area contributed by atoms with E-state index in [0.717, 1.165) is 6.42 Å². The number of fused-ring (bicyclic) bond motifs is 1. The maximum absolute atomic E-state index is 11.6. The summed E-state index contributed by atoms with van der Waals surface area (Å²) in [6.45, 7) is 1.98. The van der Waals surface area contributed by atoms with Gasteiger partial charge in [-0.05, 0) is 24.3 Å². The van der Waals surface area contributed by atoms with Gasteiger partial charge >= 0.3 is 5.97 Å². The first kappa shape index (κ1) is 11.3. The first-order chi connectivity index (χ1) is 7.56. The van der Waals surface area contributed by atoms with Gasteiger partial charge in [-0.1, -0.05) is 13.3 Å². The molecule has 0 aromatic rings. The average Bonchev–Trinajstić information content (AvgIpc) is 2.54. The number of hydrogen-bond acceptors (Lipinski definition) is 3. The standard InChI is InChI=1S/C12H16O4/c1-2-6-5-8-7(11(6)14)3-4-9(13)10(8)12(15)16/h6-7,11,14H,2-5H2,1H3,(H,15,16)/t6?,7?,11-/m1/s1. The zero-order valence-corrected chi connectivity index (χ0v) is 9.27. The minimum absolute atomic E-state index is 0.0498. The average molecular weight is 224 g/mol. The van der Waals surface area contributed by atoms with E-state index in [0.29, 0.717) is 18.4 Å². The number of ketones is 1. The van der Waals surface area contributed by atoms with Gasteiger partial charge in [0.2, 0.25) is 0 Å². The fourth-order valence-electron chi connectivity index (χ4n) is 2.95. The van der Waals surface area contributed by atoms with E-state index < -0.39 is 12.1 Å². The number of carbonyl (C=O) groups is 2. The molecule has 2 unspecified atom stereocenters. The van der Waals surface area contributed by atoms with Gasteiger partial charge in [0, 0.05) is 12.3 Å². The van der Waals surface area contributed by atoms with Crippen LogP contribution in [0.25, 0.3) is 0 Å². The summed E-state index contributed by atoms with van der Waals surface area (Å²) in [5.74, 6) is -1.40. The van der Waals surface area contributed by atoms with Gasteiger partial charge < -0.3 is 10.2 Å². The zero-order chi connectivity index (χ0) is 11.9. The number of rotatable bonds is 2. The van der Waals surface area contributed by atoms with Crippen molar-refractivity contribution in [2.75, 3.05) is 0 Å². The van der Waals surface area contributed by atoms with Crippen molar-refractivity contribution in [2.24, 2.45) is 11.8 Å². The Balaban J connectivity index is 2.42. The number of carboxylic acid groups (broad SMARTS) is 1. The van der Waals surface area contributed by atoms with Crippen LogP contribution >= 0.6 is 0 Å². The summed E-state index contributed by atoms with van der Waals surface area (Å²) >= 11 is 0. The van der Waals surface area contributed by atoms with E-state index in [-0.39, 0.29) is 29.6 Å². The van der Waals surface area contributed by atoms with Crippen molar-refractivity contribution in [2.45, 2.75) is 38.7 Å².